The minimum atomic E-state index is -0.0316. The number of benzene rings is 2. The molecule has 168 valence electrons. The van der Waals surface area contributed by atoms with E-state index in [-0.39, 0.29) is 5.91 Å². The van der Waals surface area contributed by atoms with Gasteiger partial charge in [0, 0.05) is 55.2 Å². The third-order valence-corrected chi connectivity index (χ3v) is 6.47. The van der Waals surface area contributed by atoms with Crippen LogP contribution in [-0.2, 0) is 6.54 Å². The molecule has 33 heavy (non-hydrogen) atoms. The highest BCUT2D eigenvalue weighted by Crippen LogP contribution is 2.34. The van der Waals surface area contributed by atoms with Crippen LogP contribution in [0.1, 0.15) is 34.1 Å². The van der Waals surface area contributed by atoms with Crippen molar-refractivity contribution in [1.82, 2.24) is 20.4 Å². The second-order valence-electron chi connectivity index (χ2n) is 8.63. The number of amides is 1. The zero-order chi connectivity index (χ0) is 22.9. The molecule has 3 heterocycles. The van der Waals surface area contributed by atoms with Crippen LogP contribution in [0.4, 0.5) is 11.4 Å². The van der Waals surface area contributed by atoms with Gasteiger partial charge >= 0.3 is 0 Å². The molecule has 1 saturated heterocycles. The number of carbonyl (C=O) groups is 1. The molecule has 1 fully saturated rings. The van der Waals surface area contributed by atoms with Gasteiger partial charge in [0.05, 0.1) is 5.69 Å². The number of hydrogen-bond acceptors (Lipinski definition) is 5. The maximum atomic E-state index is 12.1. The summed E-state index contributed by atoms with van der Waals surface area (Å²) in [5.41, 5.74) is 8.00. The zero-order valence-corrected chi connectivity index (χ0v) is 19.1. The van der Waals surface area contributed by atoms with Gasteiger partial charge in [-0.05, 0) is 49.4 Å². The Bertz CT molecular complexity index is 1230. The van der Waals surface area contributed by atoms with E-state index in [1.807, 2.05) is 25.1 Å². The van der Waals surface area contributed by atoms with E-state index < -0.39 is 0 Å². The molecule has 2 aliphatic heterocycles. The van der Waals surface area contributed by atoms with E-state index in [2.05, 4.69) is 63.2 Å². The van der Waals surface area contributed by atoms with Crippen molar-refractivity contribution in [2.45, 2.75) is 13.5 Å². The van der Waals surface area contributed by atoms with Gasteiger partial charge in [-0.15, -0.1) is 0 Å². The lowest BCUT2D eigenvalue weighted by atomic mass is 10.0. The first-order chi connectivity index (χ1) is 16.0. The predicted octanol–water partition coefficient (Wildman–Crippen LogP) is 3.86. The summed E-state index contributed by atoms with van der Waals surface area (Å²) in [6.45, 7) is 10.7. The summed E-state index contributed by atoms with van der Waals surface area (Å²) in [5.74, 6) is -0.0316. The molecular weight excluding hydrogens is 412 g/mol. The quantitative estimate of drug-likeness (QED) is 0.591. The first kappa shape index (κ1) is 21.2. The maximum absolute atomic E-state index is 12.1. The molecule has 0 spiro atoms. The van der Waals surface area contributed by atoms with Gasteiger partial charge in [0.25, 0.3) is 5.91 Å². The maximum Gasteiger partial charge on any atom is 0.251 e. The Morgan fingerprint density at radius 2 is 1.88 bits per heavy atom. The number of hydrogen-bond donors (Lipinski definition) is 2. The molecule has 0 atom stereocenters. The second kappa shape index (κ2) is 8.67. The molecule has 0 aliphatic carbocycles. The van der Waals surface area contributed by atoms with Crippen molar-refractivity contribution in [1.29, 1.82) is 0 Å². The molecule has 2 aliphatic rings. The predicted molar refractivity (Wildman–Crippen MR) is 133 cm³/mol. The molecule has 0 unspecified atom stereocenters. The van der Waals surface area contributed by atoms with Crippen molar-refractivity contribution in [2.75, 3.05) is 38.1 Å². The van der Waals surface area contributed by atoms with Crippen LogP contribution >= 0.6 is 0 Å². The number of nitrogens with one attached hydrogen (secondary N) is 2. The Hall–Kier alpha value is -3.71. The Morgan fingerprint density at radius 1 is 1.12 bits per heavy atom. The molecule has 5 rings (SSSR count). The van der Waals surface area contributed by atoms with E-state index in [4.69, 9.17) is 4.99 Å². The number of piperazine rings is 1. The van der Waals surface area contributed by atoms with Crippen molar-refractivity contribution in [3.8, 4) is 11.3 Å². The average molecular weight is 441 g/mol. The third kappa shape index (κ3) is 4.07. The lowest BCUT2D eigenvalue weighted by Gasteiger charge is -2.34. The number of aromatic nitrogens is 2. The summed E-state index contributed by atoms with van der Waals surface area (Å²) in [4.78, 5) is 21.7. The van der Waals surface area contributed by atoms with E-state index in [1.54, 1.807) is 6.08 Å². The number of aromatic amines is 1. The second-order valence-corrected chi connectivity index (χ2v) is 8.63. The highest BCUT2D eigenvalue weighted by Gasteiger charge is 2.20. The summed E-state index contributed by atoms with van der Waals surface area (Å²) in [6, 6.07) is 14.4. The molecule has 2 N–H and O–H groups in total. The molecule has 3 aromatic rings. The van der Waals surface area contributed by atoms with Gasteiger partial charge in [0.2, 0.25) is 0 Å². The highest BCUT2D eigenvalue weighted by molar-refractivity contribution is 6.05. The van der Waals surface area contributed by atoms with Gasteiger partial charge in [-0.2, -0.15) is 5.10 Å². The summed E-state index contributed by atoms with van der Waals surface area (Å²) in [6.07, 6.45) is 1.73. The Kier molecular flexibility index (Phi) is 5.56. The van der Waals surface area contributed by atoms with Crippen molar-refractivity contribution < 1.29 is 4.79 Å². The highest BCUT2D eigenvalue weighted by atomic mass is 16.1. The third-order valence-electron chi connectivity index (χ3n) is 6.47. The fourth-order valence-corrected chi connectivity index (χ4v) is 4.37. The van der Waals surface area contributed by atoms with Crippen LogP contribution in [0.25, 0.3) is 17.3 Å². The van der Waals surface area contributed by atoms with Crippen LogP contribution in [0.2, 0.25) is 0 Å². The van der Waals surface area contributed by atoms with Crippen LogP contribution in [0.3, 0.4) is 0 Å². The number of nitrogens with zero attached hydrogens (tertiary/aromatic N) is 4. The monoisotopic (exact) mass is 440 g/mol. The standard InChI is InChI=1S/C26H28N6O/c1-4-23-25(28-17(2)19-5-6-20-16-27-26(33)22(20)15-19)24(30-29-23)18-7-9-21(10-8-18)32-13-11-31(3)12-14-32/h4-10,15H,1,11-14,16H2,2-3H3,(H,27,33)(H,29,30). The van der Waals surface area contributed by atoms with Gasteiger partial charge in [-0.25, -0.2) is 4.99 Å². The summed E-state index contributed by atoms with van der Waals surface area (Å²) < 4.78 is 0. The molecule has 1 amide bonds. The lowest BCUT2D eigenvalue weighted by Crippen LogP contribution is -2.44. The van der Waals surface area contributed by atoms with Crippen LogP contribution in [0, 0.1) is 0 Å². The summed E-state index contributed by atoms with van der Waals surface area (Å²) in [5, 5.41) is 10.5. The zero-order valence-electron chi connectivity index (χ0n) is 19.1. The van der Waals surface area contributed by atoms with Crippen molar-refractivity contribution >= 4 is 29.1 Å². The SMILES string of the molecule is C=Cc1[nH]nc(-c2ccc(N3CCN(C)CC3)cc2)c1N=C(C)c1ccc2c(c1)C(=O)NC2. The molecule has 2 aromatic carbocycles. The van der Waals surface area contributed by atoms with E-state index in [1.165, 1.54) is 5.69 Å². The summed E-state index contributed by atoms with van der Waals surface area (Å²) >= 11 is 0. The van der Waals surface area contributed by atoms with Gasteiger partial charge in [0.15, 0.2) is 0 Å². The van der Waals surface area contributed by atoms with Crippen molar-refractivity contribution in [2.24, 2.45) is 4.99 Å². The Morgan fingerprint density at radius 3 is 2.61 bits per heavy atom. The molecule has 0 radical (unpaired) electrons. The minimum Gasteiger partial charge on any atom is -0.369 e. The van der Waals surface area contributed by atoms with E-state index in [9.17, 15) is 4.79 Å². The Balaban J connectivity index is 1.45. The van der Waals surface area contributed by atoms with E-state index in [0.717, 1.165) is 71.2 Å². The van der Waals surface area contributed by atoms with Crippen molar-refractivity contribution in [3.63, 3.8) is 0 Å². The number of likely N-dealkylation sites (N-methyl/N-ethyl adjacent to an activating group) is 1. The van der Waals surface area contributed by atoms with E-state index in [0.29, 0.717) is 6.54 Å². The average Bonchev–Trinajstić information content (AvgIpc) is 3.42. The van der Waals surface area contributed by atoms with Crippen molar-refractivity contribution in [3.05, 3.63) is 71.4 Å². The number of anilines is 1. The number of rotatable bonds is 5. The fraction of sp³-hybridized carbons (Fsp3) is 0.269. The summed E-state index contributed by atoms with van der Waals surface area (Å²) in [7, 11) is 2.16. The number of carbonyl (C=O) groups excluding carboxylic acids is 1. The minimum absolute atomic E-state index is 0.0316. The molecule has 0 saturated carbocycles. The van der Waals surface area contributed by atoms with Gasteiger partial charge < -0.3 is 15.1 Å². The first-order valence-electron chi connectivity index (χ1n) is 11.2. The van der Waals surface area contributed by atoms with Crippen LogP contribution < -0.4 is 10.2 Å². The lowest BCUT2D eigenvalue weighted by molar-refractivity contribution is 0.0965. The molecular formula is C26H28N6O. The van der Waals surface area contributed by atoms with Gasteiger partial charge in [-0.1, -0.05) is 30.8 Å². The number of fused-ring (bicyclic) bond motifs is 1. The Labute approximate surface area is 193 Å². The van der Waals surface area contributed by atoms with Gasteiger partial charge in [0.1, 0.15) is 11.4 Å². The topological polar surface area (TPSA) is 76.6 Å². The first-order valence-corrected chi connectivity index (χ1v) is 11.2. The molecule has 1 aromatic heterocycles. The van der Waals surface area contributed by atoms with Crippen LogP contribution in [0.5, 0.6) is 0 Å². The van der Waals surface area contributed by atoms with Crippen LogP contribution in [-0.4, -0.2) is 59.9 Å². The molecule has 0 bridgehead atoms. The molecule has 7 heteroatoms. The smallest absolute Gasteiger partial charge is 0.251 e. The molecule has 7 nitrogen and oxygen atoms in total. The van der Waals surface area contributed by atoms with Crippen LogP contribution in [0.15, 0.2) is 54.0 Å². The normalized spacial score (nSPS) is 16.6. The number of H-pyrrole nitrogens is 1. The van der Waals surface area contributed by atoms with E-state index >= 15 is 0 Å². The number of aliphatic imine (C=N–C) groups is 1. The van der Waals surface area contributed by atoms with Gasteiger partial charge in [-0.3, -0.25) is 9.89 Å². The fourth-order valence-electron chi connectivity index (χ4n) is 4.37. The largest absolute Gasteiger partial charge is 0.369 e.